The van der Waals surface area contributed by atoms with E-state index in [2.05, 4.69) is 10.6 Å². The summed E-state index contributed by atoms with van der Waals surface area (Å²) in [6, 6.07) is 24.3. The third-order valence-electron chi connectivity index (χ3n) is 7.29. The van der Waals surface area contributed by atoms with Gasteiger partial charge in [0.2, 0.25) is 5.91 Å². The molecule has 45 heavy (non-hydrogen) atoms. The Morgan fingerprint density at radius 1 is 0.800 bits per heavy atom. The number of amides is 2. The van der Waals surface area contributed by atoms with Crippen LogP contribution in [-0.2, 0) is 24.3 Å². The molecule has 0 saturated heterocycles. The number of carbonyl (C=O) groups excluding carboxylic acids is 2. The lowest BCUT2D eigenvalue weighted by Gasteiger charge is -2.14. The number of nitrogens with one attached hydrogen (secondary N) is 2. The van der Waals surface area contributed by atoms with Crippen LogP contribution in [0.5, 0.6) is 11.5 Å². The van der Waals surface area contributed by atoms with Crippen molar-refractivity contribution in [2.75, 3.05) is 26.1 Å². The van der Waals surface area contributed by atoms with Crippen LogP contribution >= 0.6 is 0 Å². The smallest absolute Gasteiger partial charge is 0.332 e. The van der Waals surface area contributed by atoms with Gasteiger partial charge < -0.3 is 20.1 Å². The zero-order chi connectivity index (χ0) is 31.9. The van der Waals surface area contributed by atoms with E-state index in [1.54, 1.807) is 68.8 Å². The fraction of sp³-hybridized carbons (Fsp3) is 0.176. The number of hydrogen-bond donors (Lipinski definition) is 2. The molecule has 1 aromatic heterocycles. The number of benzene rings is 4. The number of carbonyl (C=O) groups is 2. The fourth-order valence-electron chi connectivity index (χ4n) is 4.96. The summed E-state index contributed by atoms with van der Waals surface area (Å²) >= 11 is 0. The molecule has 1 heterocycles. The highest BCUT2D eigenvalue weighted by molar-refractivity contribution is 5.94. The normalized spacial score (nSPS) is 10.8. The SMILES string of the molecule is COc1ccc(CCNC(=O)c2ccc(Cn3c(=O)c4ccccc4n(CC(=O)Nc4ccccc4F)c3=O)cc2)cc1OC. The molecule has 11 heteroatoms. The van der Waals surface area contributed by atoms with Crippen LogP contribution in [0.15, 0.2) is 101 Å². The molecule has 230 valence electrons. The maximum Gasteiger partial charge on any atom is 0.332 e. The van der Waals surface area contributed by atoms with Crippen molar-refractivity contribution >= 4 is 28.4 Å². The second-order valence-corrected chi connectivity index (χ2v) is 10.2. The summed E-state index contributed by atoms with van der Waals surface area (Å²) in [7, 11) is 3.13. The first kappa shape index (κ1) is 30.7. The molecular formula is C34H31FN4O6. The van der Waals surface area contributed by atoms with Crippen LogP contribution in [-0.4, -0.2) is 41.7 Å². The van der Waals surface area contributed by atoms with Crippen LogP contribution in [0.2, 0.25) is 0 Å². The highest BCUT2D eigenvalue weighted by Gasteiger charge is 2.17. The van der Waals surface area contributed by atoms with Gasteiger partial charge in [0.05, 0.1) is 37.4 Å². The van der Waals surface area contributed by atoms with Crippen LogP contribution < -0.4 is 31.4 Å². The first-order valence-electron chi connectivity index (χ1n) is 14.1. The summed E-state index contributed by atoms with van der Waals surface area (Å²) in [4.78, 5) is 52.5. The molecule has 2 N–H and O–H groups in total. The predicted octanol–water partition coefficient (Wildman–Crippen LogP) is 3.98. The van der Waals surface area contributed by atoms with Crippen LogP contribution in [0.25, 0.3) is 10.9 Å². The van der Waals surface area contributed by atoms with Crippen LogP contribution in [0.1, 0.15) is 21.5 Å². The second kappa shape index (κ2) is 13.7. The molecule has 0 aliphatic heterocycles. The average molecular weight is 611 g/mol. The number of ether oxygens (including phenoxy) is 2. The van der Waals surface area contributed by atoms with Crippen molar-refractivity contribution in [3.63, 3.8) is 0 Å². The van der Waals surface area contributed by atoms with Gasteiger partial charge in [0.25, 0.3) is 11.5 Å². The van der Waals surface area contributed by atoms with Crippen molar-refractivity contribution < 1.29 is 23.5 Å². The molecular weight excluding hydrogens is 579 g/mol. The monoisotopic (exact) mass is 610 g/mol. The number of aromatic nitrogens is 2. The summed E-state index contributed by atoms with van der Waals surface area (Å²) in [5, 5.41) is 5.61. The predicted molar refractivity (Wildman–Crippen MR) is 169 cm³/mol. The number of rotatable bonds is 11. The fourth-order valence-corrected chi connectivity index (χ4v) is 4.96. The standard InChI is InChI=1S/C34H31FN4O6/c1-44-29-16-13-22(19-30(29)45-2)17-18-36-32(41)24-14-11-23(12-15-24)20-39-33(42)25-7-3-6-10-28(25)38(34(39)43)21-31(40)37-27-9-5-4-8-26(27)35/h3-16,19H,17-18,20-21H2,1-2H3,(H,36,41)(H,37,40). The Hall–Kier alpha value is -5.71. The van der Waals surface area contributed by atoms with Crippen molar-refractivity contribution in [2.45, 2.75) is 19.5 Å². The molecule has 0 saturated carbocycles. The van der Waals surface area contributed by atoms with Crippen molar-refractivity contribution in [2.24, 2.45) is 0 Å². The van der Waals surface area contributed by atoms with Crippen LogP contribution in [0.3, 0.4) is 0 Å². The summed E-state index contributed by atoms with van der Waals surface area (Å²) < 4.78 is 26.9. The molecule has 10 nitrogen and oxygen atoms in total. The molecule has 4 aromatic carbocycles. The Balaban J connectivity index is 1.30. The third kappa shape index (κ3) is 6.93. The third-order valence-corrected chi connectivity index (χ3v) is 7.29. The van der Waals surface area contributed by atoms with E-state index in [4.69, 9.17) is 9.47 Å². The van der Waals surface area contributed by atoms with E-state index in [0.29, 0.717) is 35.6 Å². The Morgan fingerprint density at radius 2 is 1.49 bits per heavy atom. The maximum atomic E-state index is 14.1. The number of halogens is 1. The van der Waals surface area contributed by atoms with Gasteiger partial charge >= 0.3 is 5.69 Å². The van der Waals surface area contributed by atoms with Crippen LogP contribution in [0.4, 0.5) is 10.1 Å². The highest BCUT2D eigenvalue weighted by atomic mass is 19.1. The minimum atomic E-state index is -0.695. The van der Waals surface area contributed by atoms with E-state index < -0.39 is 29.5 Å². The lowest BCUT2D eigenvalue weighted by atomic mass is 10.1. The second-order valence-electron chi connectivity index (χ2n) is 10.2. The van der Waals surface area contributed by atoms with E-state index in [0.717, 1.165) is 10.1 Å². The number of methoxy groups -OCH3 is 2. The molecule has 0 bridgehead atoms. The zero-order valence-electron chi connectivity index (χ0n) is 24.7. The van der Waals surface area contributed by atoms with Crippen molar-refractivity contribution in [3.05, 3.63) is 134 Å². The van der Waals surface area contributed by atoms with Crippen molar-refractivity contribution in [3.8, 4) is 11.5 Å². The Kier molecular flexibility index (Phi) is 9.37. The van der Waals surface area contributed by atoms with Gasteiger partial charge in [0.15, 0.2) is 11.5 Å². The number of nitrogens with zero attached hydrogens (tertiary/aromatic N) is 2. The van der Waals surface area contributed by atoms with E-state index >= 15 is 0 Å². The van der Waals surface area contributed by atoms with Gasteiger partial charge in [0.1, 0.15) is 12.4 Å². The summed E-state index contributed by atoms with van der Waals surface area (Å²) in [6.45, 7) is -0.123. The Bertz CT molecular complexity index is 1980. The molecule has 5 aromatic rings. The number of para-hydroxylation sites is 2. The lowest BCUT2D eigenvalue weighted by molar-refractivity contribution is -0.116. The quantitative estimate of drug-likeness (QED) is 0.234. The van der Waals surface area contributed by atoms with E-state index in [-0.39, 0.29) is 29.0 Å². The van der Waals surface area contributed by atoms with Gasteiger partial charge in [-0.15, -0.1) is 0 Å². The minimum absolute atomic E-state index is 0.0155. The first-order valence-corrected chi connectivity index (χ1v) is 14.1. The zero-order valence-corrected chi connectivity index (χ0v) is 24.7. The van der Waals surface area contributed by atoms with Gasteiger partial charge in [-0.1, -0.05) is 42.5 Å². The molecule has 0 aliphatic carbocycles. The van der Waals surface area contributed by atoms with E-state index in [9.17, 15) is 23.6 Å². The molecule has 0 unspecified atom stereocenters. The van der Waals surface area contributed by atoms with Gasteiger partial charge in [-0.05, 0) is 66.1 Å². The van der Waals surface area contributed by atoms with Gasteiger partial charge in [-0.25, -0.2) is 9.18 Å². The molecule has 5 rings (SSSR count). The van der Waals surface area contributed by atoms with Crippen LogP contribution in [0, 0.1) is 5.82 Å². The van der Waals surface area contributed by atoms with Gasteiger partial charge in [-0.3, -0.25) is 23.5 Å². The largest absolute Gasteiger partial charge is 0.493 e. The van der Waals surface area contributed by atoms with E-state index in [1.165, 1.54) is 22.8 Å². The summed E-state index contributed by atoms with van der Waals surface area (Å²) in [6.07, 6.45) is 0.583. The minimum Gasteiger partial charge on any atom is -0.493 e. The summed E-state index contributed by atoms with van der Waals surface area (Å²) in [5.41, 5.74) is 1.05. The molecule has 0 spiro atoms. The van der Waals surface area contributed by atoms with Gasteiger partial charge in [0, 0.05) is 12.1 Å². The van der Waals surface area contributed by atoms with E-state index in [1.807, 2.05) is 18.2 Å². The average Bonchev–Trinajstić information content (AvgIpc) is 3.06. The number of anilines is 1. The molecule has 0 aliphatic rings. The molecule has 2 amide bonds. The maximum absolute atomic E-state index is 14.1. The molecule has 0 atom stereocenters. The summed E-state index contributed by atoms with van der Waals surface area (Å²) in [5.74, 6) is -0.268. The molecule has 0 fully saturated rings. The van der Waals surface area contributed by atoms with Crippen molar-refractivity contribution in [1.29, 1.82) is 0 Å². The topological polar surface area (TPSA) is 121 Å². The highest BCUT2D eigenvalue weighted by Crippen LogP contribution is 2.27. The Labute approximate surface area is 257 Å². The Morgan fingerprint density at radius 3 is 2.22 bits per heavy atom. The number of fused-ring (bicyclic) bond motifs is 1. The van der Waals surface area contributed by atoms with Crippen molar-refractivity contribution in [1.82, 2.24) is 14.5 Å². The lowest BCUT2D eigenvalue weighted by Crippen LogP contribution is -2.42. The number of hydrogen-bond acceptors (Lipinski definition) is 6. The molecule has 0 radical (unpaired) electrons. The first-order chi connectivity index (χ1) is 21.8. The van der Waals surface area contributed by atoms with Gasteiger partial charge in [-0.2, -0.15) is 0 Å².